The van der Waals surface area contributed by atoms with Gasteiger partial charge in [-0.1, -0.05) is 13.8 Å². The van der Waals surface area contributed by atoms with Gasteiger partial charge in [-0.05, 0) is 12.8 Å². The molecule has 1 N–H and O–H groups in total. The maximum Gasteiger partial charge on any atom is 0.234 e. The molecule has 1 heterocycles. The van der Waals surface area contributed by atoms with E-state index in [1.165, 1.54) is 0 Å². The molecule has 0 radical (unpaired) electrons. The largest absolute Gasteiger partial charge is 0.383 e. The number of hydrogen-bond acceptors (Lipinski definition) is 4. The summed E-state index contributed by atoms with van der Waals surface area (Å²) in [5.41, 5.74) is 0. The van der Waals surface area contributed by atoms with E-state index in [9.17, 15) is 4.79 Å². The van der Waals surface area contributed by atoms with E-state index in [0.717, 1.165) is 32.7 Å². The number of carbonyl (C=O) groups excluding carboxylic acids is 1. The molecule has 1 atom stereocenters. The monoisotopic (exact) mass is 271 g/mol. The minimum Gasteiger partial charge on any atom is -0.383 e. The van der Waals surface area contributed by atoms with Gasteiger partial charge in [0, 0.05) is 45.9 Å². The number of methoxy groups -OCH3 is 1. The number of ether oxygens (including phenoxy) is 1. The number of rotatable bonds is 7. The van der Waals surface area contributed by atoms with Crippen molar-refractivity contribution in [2.24, 2.45) is 5.92 Å². The number of nitrogens with zero attached hydrogens (tertiary/aromatic N) is 2. The van der Waals surface area contributed by atoms with E-state index in [1.54, 1.807) is 7.11 Å². The SMILES string of the molecule is COCC(C)NC(=O)CN1CCN(CC(C)C)CC1. The Bertz CT molecular complexity index is 263. The van der Waals surface area contributed by atoms with Crippen LogP contribution in [0, 0.1) is 5.92 Å². The van der Waals surface area contributed by atoms with E-state index < -0.39 is 0 Å². The lowest BCUT2D eigenvalue weighted by atomic mass is 10.2. The van der Waals surface area contributed by atoms with Crippen molar-refractivity contribution in [3.63, 3.8) is 0 Å². The Kier molecular flexibility index (Phi) is 7.34. The summed E-state index contributed by atoms with van der Waals surface area (Å²) in [6, 6.07) is 0.0831. The van der Waals surface area contributed by atoms with Crippen LogP contribution in [0.5, 0.6) is 0 Å². The third kappa shape index (κ3) is 6.89. The Morgan fingerprint density at radius 2 is 1.74 bits per heavy atom. The zero-order valence-corrected chi connectivity index (χ0v) is 12.8. The number of carbonyl (C=O) groups is 1. The fourth-order valence-electron chi connectivity index (χ4n) is 2.46. The number of piperazine rings is 1. The van der Waals surface area contributed by atoms with E-state index in [2.05, 4.69) is 29.0 Å². The molecule has 1 amide bonds. The molecule has 1 saturated heterocycles. The minimum absolute atomic E-state index is 0.0831. The quantitative estimate of drug-likeness (QED) is 0.728. The summed E-state index contributed by atoms with van der Waals surface area (Å²) in [7, 11) is 1.65. The first-order valence-corrected chi connectivity index (χ1v) is 7.24. The van der Waals surface area contributed by atoms with Gasteiger partial charge in [-0.25, -0.2) is 0 Å². The average Bonchev–Trinajstić information content (AvgIpc) is 2.31. The van der Waals surface area contributed by atoms with Gasteiger partial charge in [0.1, 0.15) is 0 Å². The first kappa shape index (κ1) is 16.4. The van der Waals surface area contributed by atoms with Crippen LogP contribution in [0.2, 0.25) is 0 Å². The molecule has 1 rings (SSSR count). The van der Waals surface area contributed by atoms with Gasteiger partial charge in [0.2, 0.25) is 5.91 Å². The summed E-state index contributed by atoms with van der Waals surface area (Å²) in [6.45, 7) is 12.8. The third-order valence-electron chi connectivity index (χ3n) is 3.28. The van der Waals surface area contributed by atoms with Crippen LogP contribution >= 0.6 is 0 Å². The lowest BCUT2D eigenvalue weighted by Crippen LogP contribution is -2.51. The Morgan fingerprint density at radius 3 is 2.26 bits per heavy atom. The van der Waals surface area contributed by atoms with Crippen molar-refractivity contribution in [3.05, 3.63) is 0 Å². The third-order valence-corrected chi connectivity index (χ3v) is 3.28. The summed E-state index contributed by atoms with van der Waals surface area (Å²) >= 11 is 0. The predicted molar refractivity (Wildman–Crippen MR) is 77.2 cm³/mol. The normalized spacial score (nSPS) is 19.6. The molecule has 0 aromatic heterocycles. The highest BCUT2D eigenvalue weighted by atomic mass is 16.5. The highest BCUT2D eigenvalue weighted by Crippen LogP contribution is 2.04. The molecule has 0 aromatic carbocycles. The lowest BCUT2D eigenvalue weighted by molar-refractivity contribution is -0.123. The average molecular weight is 271 g/mol. The molecule has 0 aromatic rings. The highest BCUT2D eigenvalue weighted by molar-refractivity contribution is 5.78. The summed E-state index contributed by atoms with van der Waals surface area (Å²) in [5, 5.41) is 2.95. The van der Waals surface area contributed by atoms with E-state index in [0.29, 0.717) is 19.1 Å². The molecule has 0 bridgehead atoms. The predicted octanol–water partition coefficient (Wildman–Crippen LogP) is 0.411. The first-order chi connectivity index (χ1) is 9.01. The molecule has 19 heavy (non-hydrogen) atoms. The Labute approximate surface area is 117 Å². The van der Waals surface area contributed by atoms with Crippen molar-refractivity contribution < 1.29 is 9.53 Å². The van der Waals surface area contributed by atoms with Crippen LogP contribution in [-0.2, 0) is 9.53 Å². The van der Waals surface area contributed by atoms with Gasteiger partial charge in [-0.15, -0.1) is 0 Å². The van der Waals surface area contributed by atoms with Gasteiger partial charge in [0.05, 0.1) is 13.2 Å². The van der Waals surface area contributed by atoms with Gasteiger partial charge < -0.3 is 15.0 Å². The molecule has 5 heteroatoms. The fraction of sp³-hybridized carbons (Fsp3) is 0.929. The molecular formula is C14H29N3O2. The van der Waals surface area contributed by atoms with Crippen molar-refractivity contribution in [3.8, 4) is 0 Å². The fourth-order valence-corrected chi connectivity index (χ4v) is 2.46. The van der Waals surface area contributed by atoms with Crippen LogP contribution < -0.4 is 5.32 Å². The molecule has 0 saturated carbocycles. The van der Waals surface area contributed by atoms with Gasteiger partial charge in [0.25, 0.3) is 0 Å². The maximum absolute atomic E-state index is 11.8. The molecule has 1 unspecified atom stereocenters. The standard InChI is InChI=1S/C14H29N3O2/c1-12(2)9-16-5-7-17(8-6-16)10-14(18)15-13(3)11-19-4/h12-13H,5-11H2,1-4H3,(H,15,18). The minimum atomic E-state index is 0.0831. The van der Waals surface area contributed by atoms with Crippen molar-refractivity contribution in [1.82, 2.24) is 15.1 Å². The molecule has 5 nitrogen and oxygen atoms in total. The van der Waals surface area contributed by atoms with Crippen LogP contribution in [0.15, 0.2) is 0 Å². The molecule has 1 fully saturated rings. The smallest absolute Gasteiger partial charge is 0.234 e. The van der Waals surface area contributed by atoms with E-state index in [4.69, 9.17) is 4.74 Å². The van der Waals surface area contributed by atoms with Gasteiger partial charge in [0.15, 0.2) is 0 Å². The van der Waals surface area contributed by atoms with Crippen molar-refractivity contribution in [2.45, 2.75) is 26.8 Å². The van der Waals surface area contributed by atoms with Crippen LogP contribution in [-0.4, -0.2) is 74.7 Å². The number of nitrogens with one attached hydrogen (secondary N) is 1. The van der Waals surface area contributed by atoms with Crippen LogP contribution in [0.1, 0.15) is 20.8 Å². The summed E-state index contributed by atoms with van der Waals surface area (Å²) in [5.74, 6) is 0.812. The van der Waals surface area contributed by atoms with Crippen molar-refractivity contribution >= 4 is 5.91 Å². The van der Waals surface area contributed by atoms with Crippen LogP contribution in [0.4, 0.5) is 0 Å². The van der Waals surface area contributed by atoms with Gasteiger partial charge in [-0.2, -0.15) is 0 Å². The van der Waals surface area contributed by atoms with E-state index >= 15 is 0 Å². The Morgan fingerprint density at radius 1 is 1.16 bits per heavy atom. The summed E-state index contributed by atoms with van der Waals surface area (Å²) in [6.07, 6.45) is 0. The number of hydrogen-bond donors (Lipinski definition) is 1. The van der Waals surface area contributed by atoms with E-state index in [-0.39, 0.29) is 11.9 Å². The van der Waals surface area contributed by atoms with Gasteiger partial charge in [-0.3, -0.25) is 9.69 Å². The molecule has 0 spiro atoms. The zero-order chi connectivity index (χ0) is 14.3. The second kappa shape index (κ2) is 8.51. The second-order valence-corrected chi connectivity index (χ2v) is 5.89. The van der Waals surface area contributed by atoms with Gasteiger partial charge >= 0.3 is 0 Å². The van der Waals surface area contributed by atoms with Crippen LogP contribution in [0.3, 0.4) is 0 Å². The topological polar surface area (TPSA) is 44.8 Å². The van der Waals surface area contributed by atoms with E-state index in [1.807, 2.05) is 6.92 Å². The first-order valence-electron chi connectivity index (χ1n) is 7.24. The molecule has 112 valence electrons. The molecule has 1 aliphatic heterocycles. The highest BCUT2D eigenvalue weighted by Gasteiger charge is 2.19. The lowest BCUT2D eigenvalue weighted by Gasteiger charge is -2.35. The summed E-state index contributed by atoms with van der Waals surface area (Å²) in [4.78, 5) is 16.5. The Hall–Kier alpha value is -0.650. The second-order valence-electron chi connectivity index (χ2n) is 5.89. The van der Waals surface area contributed by atoms with Crippen molar-refractivity contribution in [2.75, 3.05) is 53.0 Å². The zero-order valence-electron chi connectivity index (χ0n) is 12.8. The maximum atomic E-state index is 11.8. The molecular weight excluding hydrogens is 242 g/mol. The molecule has 0 aliphatic carbocycles. The summed E-state index contributed by atoms with van der Waals surface area (Å²) < 4.78 is 5.01. The van der Waals surface area contributed by atoms with Crippen molar-refractivity contribution in [1.29, 1.82) is 0 Å². The Balaban J connectivity index is 2.19. The number of amides is 1. The molecule has 1 aliphatic rings. The van der Waals surface area contributed by atoms with Crippen LogP contribution in [0.25, 0.3) is 0 Å².